The van der Waals surface area contributed by atoms with Gasteiger partial charge in [0.1, 0.15) is 0 Å². The quantitative estimate of drug-likeness (QED) is 0.468. The predicted molar refractivity (Wildman–Crippen MR) is 64.4 cm³/mol. The summed E-state index contributed by atoms with van der Waals surface area (Å²) in [6, 6.07) is -0.439. The van der Waals surface area contributed by atoms with Gasteiger partial charge in [0.25, 0.3) is 0 Å². The molecule has 0 saturated carbocycles. The van der Waals surface area contributed by atoms with Crippen molar-refractivity contribution in [2.24, 2.45) is 5.73 Å². The molecule has 2 heteroatoms. The molecular weight excluding hydrogens is 186 g/mol. The second-order valence-electron chi connectivity index (χ2n) is 4.00. The standard InChI is InChI=1S/C13H23NO/c1-3-5-6-7-8-9-11-13(15)12(14)10-4-2/h2,12H,3,5-11,14H2,1H3. The minimum absolute atomic E-state index is 0.114. The highest BCUT2D eigenvalue weighted by Crippen LogP contribution is 2.08. The predicted octanol–water partition coefficient (Wildman–Crippen LogP) is 2.66. The first-order valence-electron chi connectivity index (χ1n) is 5.94. The number of carbonyl (C=O) groups excluding carboxylic acids is 1. The molecule has 0 heterocycles. The van der Waals surface area contributed by atoms with Crippen LogP contribution in [0.4, 0.5) is 0 Å². The molecular formula is C13H23NO. The fraction of sp³-hybridized carbons (Fsp3) is 0.769. The van der Waals surface area contributed by atoms with Gasteiger partial charge < -0.3 is 5.73 Å². The van der Waals surface area contributed by atoms with Crippen molar-refractivity contribution in [1.29, 1.82) is 0 Å². The lowest BCUT2D eigenvalue weighted by molar-refractivity contribution is -0.120. The zero-order chi connectivity index (χ0) is 11.5. The highest BCUT2D eigenvalue weighted by atomic mass is 16.1. The van der Waals surface area contributed by atoms with E-state index < -0.39 is 6.04 Å². The third-order valence-electron chi connectivity index (χ3n) is 2.53. The third-order valence-corrected chi connectivity index (χ3v) is 2.53. The van der Waals surface area contributed by atoms with E-state index in [0.29, 0.717) is 12.8 Å². The van der Waals surface area contributed by atoms with Crippen molar-refractivity contribution < 1.29 is 4.79 Å². The molecule has 86 valence electrons. The number of hydrogen-bond acceptors (Lipinski definition) is 2. The molecule has 0 saturated heterocycles. The molecule has 0 aromatic heterocycles. The summed E-state index contributed by atoms with van der Waals surface area (Å²) >= 11 is 0. The van der Waals surface area contributed by atoms with Gasteiger partial charge in [-0.05, 0) is 6.42 Å². The van der Waals surface area contributed by atoms with Gasteiger partial charge in [0, 0.05) is 12.8 Å². The highest BCUT2D eigenvalue weighted by molar-refractivity contribution is 5.83. The Kier molecular flexibility index (Phi) is 9.21. The molecule has 0 radical (unpaired) electrons. The van der Waals surface area contributed by atoms with Gasteiger partial charge >= 0.3 is 0 Å². The van der Waals surface area contributed by atoms with Crippen molar-refractivity contribution in [2.75, 3.05) is 0 Å². The molecule has 1 unspecified atom stereocenters. The van der Waals surface area contributed by atoms with Gasteiger partial charge in [-0.3, -0.25) is 4.79 Å². The Hall–Kier alpha value is -0.810. The maximum atomic E-state index is 11.4. The Morgan fingerprint density at radius 1 is 1.27 bits per heavy atom. The fourth-order valence-corrected chi connectivity index (χ4v) is 1.51. The monoisotopic (exact) mass is 209 g/mol. The summed E-state index contributed by atoms with van der Waals surface area (Å²) in [4.78, 5) is 11.4. The van der Waals surface area contributed by atoms with Crippen LogP contribution in [-0.2, 0) is 4.79 Å². The Labute approximate surface area is 93.6 Å². The van der Waals surface area contributed by atoms with Crippen molar-refractivity contribution in [1.82, 2.24) is 0 Å². The molecule has 0 aromatic carbocycles. The van der Waals surface area contributed by atoms with E-state index in [1.54, 1.807) is 0 Å². The first-order valence-corrected chi connectivity index (χ1v) is 5.94. The van der Waals surface area contributed by atoms with E-state index in [1.165, 1.54) is 25.7 Å². The molecule has 0 aliphatic heterocycles. The average molecular weight is 209 g/mol. The normalized spacial score (nSPS) is 12.1. The smallest absolute Gasteiger partial charge is 0.150 e. The molecule has 0 aromatic rings. The van der Waals surface area contributed by atoms with Crippen LogP contribution in [0.15, 0.2) is 0 Å². The second-order valence-corrected chi connectivity index (χ2v) is 4.00. The maximum absolute atomic E-state index is 11.4. The van der Waals surface area contributed by atoms with Crippen molar-refractivity contribution in [3.05, 3.63) is 0 Å². The molecule has 0 aliphatic rings. The van der Waals surface area contributed by atoms with Gasteiger partial charge in [0.15, 0.2) is 5.78 Å². The van der Waals surface area contributed by atoms with Crippen LogP contribution in [0.5, 0.6) is 0 Å². The lowest BCUT2D eigenvalue weighted by atomic mass is 10.0. The summed E-state index contributed by atoms with van der Waals surface area (Å²) < 4.78 is 0. The molecule has 0 bridgehead atoms. The molecule has 15 heavy (non-hydrogen) atoms. The summed E-state index contributed by atoms with van der Waals surface area (Å²) in [5.74, 6) is 2.54. The van der Waals surface area contributed by atoms with Gasteiger partial charge in [-0.1, -0.05) is 39.0 Å². The van der Waals surface area contributed by atoms with Crippen LogP contribution in [0.3, 0.4) is 0 Å². The third kappa shape index (κ3) is 8.20. The molecule has 2 N–H and O–H groups in total. The minimum atomic E-state index is -0.439. The number of unbranched alkanes of at least 4 members (excludes halogenated alkanes) is 5. The van der Waals surface area contributed by atoms with Gasteiger partial charge in [-0.25, -0.2) is 0 Å². The SMILES string of the molecule is C#CCC(N)C(=O)CCCCCCCC. The minimum Gasteiger partial charge on any atom is -0.321 e. The molecule has 0 aliphatic carbocycles. The Balaban J connectivity index is 3.35. The van der Waals surface area contributed by atoms with Crippen LogP contribution in [0.25, 0.3) is 0 Å². The fourth-order valence-electron chi connectivity index (χ4n) is 1.51. The van der Waals surface area contributed by atoms with Crippen LogP contribution in [0.2, 0.25) is 0 Å². The number of ketones is 1. The summed E-state index contributed by atoms with van der Waals surface area (Å²) in [6.07, 6.45) is 13.2. The van der Waals surface area contributed by atoms with E-state index in [1.807, 2.05) is 0 Å². The van der Waals surface area contributed by atoms with Crippen molar-refractivity contribution in [2.45, 2.75) is 64.3 Å². The number of carbonyl (C=O) groups is 1. The Bertz CT molecular complexity index is 205. The van der Waals surface area contributed by atoms with E-state index in [0.717, 1.165) is 12.8 Å². The number of hydrogen-bond donors (Lipinski definition) is 1. The first-order chi connectivity index (χ1) is 7.22. The molecule has 0 fully saturated rings. The topological polar surface area (TPSA) is 43.1 Å². The van der Waals surface area contributed by atoms with E-state index in [4.69, 9.17) is 12.2 Å². The molecule has 0 rings (SSSR count). The van der Waals surface area contributed by atoms with Crippen LogP contribution in [0.1, 0.15) is 58.3 Å². The summed E-state index contributed by atoms with van der Waals surface area (Å²) in [6.45, 7) is 2.20. The zero-order valence-corrected chi connectivity index (χ0v) is 9.80. The van der Waals surface area contributed by atoms with E-state index >= 15 is 0 Å². The first kappa shape index (κ1) is 14.2. The highest BCUT2D eigenvalue weighted by Gasteiger charge is 2.10. The molecule has 0 spiro atoms. The van der Waals surface area contributed by atoms with Crippen LogP contribution in [0, 0.1) is 12.3 Å². The number of nitrogens with two attached hydrogens (primary N) is 1. The molecule has 1 atom stereocenters. The summed E-state index contributed by atoms with van der Waals surface area (Å²) in [7, 11) is 0. The Morgan fingerprint density at radius 3 is 2.47 bits per heavy atom. The largest absolute Gasteiger partial charge is 0.321 e. The van der Waals surface area contributed by atoms with E-state index in [-0.39, 0.29) is 5.78 Å². The van der Waals surface area contributed by atoms with Crippen LogP contribution >= 0.6 is 0 Å². The van der Waals surface area contributed by atoms with E-state index in [2.05, 4.69) is 12.8 Å². The van der Waals surface area contributed by atoms with Gasteiger partial charge in [-0.15, -0.1) is 12.3 Å². The van der Waals surface area contributed by atoms with Gasteiger partial charge in [0.05, 0.1) is 6.04 Å². The summed E-state index contributed by atoms with van der Waals surface area (Å²) in [5, 5.41) is 0. The average Bonchev–Trinajstić information content (AvgIpc) is 2.23. The Morgan fingerprint density at radius 2 is 1.87 bits per heavy atom. The van der Waals surface area contributed by atoms with Crippen LogP contribution in [-0.4, -0.2) is 11.8 Å². The zero-order valence-electron chi connectivity index (χ0n) is 9.80. The number of Topliss-reactive ketones (excluding diaryl/α,β-unsaturated/α-hetero) is 1. The van der Waals surface area contributed by atoms with Gasteiger partial charge in [-0.2, -0.15) is 0 Å². The maximum Gasteiger partial charge on any atom is 0.150 e. The number of rotatable bonds is 9. The van der Waals surface area contributed by atoms with E-state index in [9.17, 15) is 4.79 Å². The van der Waals surface area contributed by atoms with Crippen molar-refractivity contribution >= 4 is 5.78 Å². The summed E-state index contributed by atoms with van der Waals surface area (Å²) in [5.41, 5.74) is 5.60. The van der Waals surface area contributed by atoms with Crippen molar-refractivity contribution in [3.63, 3.8) is 0 Å². The van der Waals surface area contributed by atoms with Crippen molar-refractivity contribution in [3.8, 4) is 12.3 Å². The number of terminal acetylenes is 1. The van der Waals surface area contributed by atoms with Crippen LogP contribution < -0.4 is 5.73 Å². The molecule has 2 nitrogen and oxygen atoms in total. The lowest BCUT2D eigenvalue weighted by Crippen LogP contribution is -2.29. The molecule has 0 amide bonds. The second kappa shape index (κ2) is 9.73. The van der Waals surface area contributed by atoms with Gasteiger partial charge in [0.2, 0.25) is 0 Å². The lowest BCUT2D eigenvalue weighted by Gasteiger charge is -2.06.